The molecule has 3 rings (SSSR count). The molecule has 1 aromatic rings. The number of hydrogen-bond acceptors (Lipinski definition) is 5. The Labute approximate surface area is 144 Å². The number of anilines is 1. The number of carboxylic acids is 2. The lowest BCUT2D eigenvalue weighted by molar-refractivity contribution is -0.160. The summed E-state index contributed by atoms with van der Waals surface area (Å²) in [6, 6.07) is 3.19. The Morgan fingerprint density at radius 2 is 2.17 bits per heavy atom. The Hall–Kier alpha value is -1.86. The molecular weight excluding hydrogens is 334 g/mol. The SMILES string of the molecule is O=C(O)CN1CCC[C@]2(C(=O)O)CN(c3ncccc3Cl)CC[C@@H]12. The molecule has 2 N–H and O–H groups in total. The van der Waals surface area contributed by atoms with Gasteiger partial charge in [-0.25, -0.2) is 4.98 Å². The van der Waals surface area contributed by atoms with Gasteiger partial charge in [0.25, 0.3) is 0 Å². The molecule has 2 fully saturated rings. The lowest BCUT2D eigenvalue weighted by Gasteiger charge is -2.52. The van der Waals surface area contributed by atoms with Gasteiger partial charge in [0.05, 0.1) is 11.6 Å². The summed E-state index contributed by atoms with van der Waals surface area (Å²) >= 11 is 6.22. The molecule has 2 atom stereocenters. The fraction of sp³-hybridized carbons (Fsp3) is 0.562. The highest BCUT2D eigenvalue weighted by Crippen LogP contribution is 2.43. The van der Waals surface area contributed by atoms with Gasteiger partial charge < -0.3 is 15.1 Å². The number of nitrogens with zero attached hydrogens (tertiary/aromatic N) is 3. The monoisotopic (exact) mass is 353 g/mol. The zero-order chi connectivity index (χ0) is 17.3. The molecule has 2 aliphatic heterocycles. The van der Waals surface area contributed by atoms with Crippen LogP contribution in [0.25, 0.3) is 0 Å². The summed E-state index contributed by atoms with van der Waals surface area (Å²) in [6.45, 7) is 1.40. The number of rotatable bonds is 4. The maximum absolute atomic E-state index is 12.1. The summed E-state index contributed by atoms with van der Waals surface area (Å²) in [5.41, 5.74) is -0.993. The summed E-state index contributed by atoms with van der Waals surface area (Å²) < 4.78 is 0. The first kappa shape index (κ1) is 17.0. The van der Waals surface area contributed by atoms with Gasteiger partial charge in [0.2, 0.25) is 0 Å². The lowest BCUT2D eigenvalue weighted by Crippen LogP contribution is -2.64. The number of carboxylic acid groups (broad SMARTS) is 2. The zero-order valence-corrected chi connectivity index (χ0v) is 13.9. The van der Waals surface area contributed by atoms with Gasteiger partial charge in [0.15, 0.2) is 0 Å². The molecule has 0 bridgehead atoms. The van der Waals surface area contributed by atoms with Crippen molar-refractivity contribution in [3.8, 4) is 0 Å². The molecule has 7 nitrogen and oxygen atoms in total. The van der Waals surface area contributed by atoms with E-state index in [1.807, 2.05) is 4.90 Å². The van der Waals surface area contributed by atoms with Crippen molar-refractivity contribution in [2.45, 2.75) is 25.3 Å². The van der Waals surface area contributed by atoms with Gasteiger partial charge in [-0.2, -0.15) is 0 Å². The topological polar surface area (TPSA) is 94.0 Å². The van der Waals surface area contributed by atoms with E-state index in [2.05, 4.69) is 4.98 Å². The minimum Gasteiger partial charge on any atom is -0.481 e. The van der Waals surface area contributed by atoms with Crippen molar-refractivity contribution in [1.82, 2.24) is 9.88 Å². The molecule has 0 spiro atoms. The van der Waals surface area contributed by atoms with Gasteiger partial charge in [-0.3, -0.25) is 14.5 Å². The molecule has 0 saturated carbocycles. The van der Waals surface area contributed by atoms with Crippen LogP contribution < -0.4 is 4.90 Å². The van der Waals surface area contributed by atoms with Crippen LogP contribution >= 0.6 is 11.6 Å². The Morgan fingerprint density at radius 3 is 2.83 bits per heavy atom. The predicted octanol–water partition coefficient (Wildman–Crippen LogP) is 1.57. The second kappa shape index (κ2) is 6.57. The summed E-state index contributed by atoms with van der Waals surface area (Å²) in [5.74, 6) is -1.21. The Bertz CT molecular complexity index is 656. The number of aromatic nitrogens is 1. The molecule has 0 aliphatic carbocycles. The first-order valence-electron chi connectivity index (χ1n) is 7.99. The maximum atomic E-state index is 12.1. The Morgan fingerprint density at radius 1 is 1.38 bits per heavy atom. The highest BCUT2D eigenvalue weighted by Gasteiger charge is 2.54. The van der Waals surface area contributed by atoms with E-state index in [0.29, 0.717) is 49.7 Å². The van der Waals surface area contributed by atoms with Crippen molar-refractivity contribution in [2.24, 2.45) is 5.41 Å². The first-order valence-corrected chi connectivity index (χ1v) is 8.36. The van der Waals surface area contributed by atoms with Crippen LogP contribution in [-0.4, -0.2) is 64.3 Å². The average Bonchev–Trinajstić information content (AvgIpc) is 2.54. The molecular formula is C16H20ClN3O4. The fourth-order valence-electron chi connectivity index (χ4n) is 4.08. The van der Waals surface area contributed by atoms with Crippen LogP contribution in [0.15, 0.2) is 18.3 Å². The lowest BCUT2D eigenvalue weighted by atomic mass is 9.69. The molecule has 0 unspecified atom stereocenters. The molecule has 24 heavy (non-hydrogen) atoms. The van der Waals surface area contributed by atoms with E-state index in [1.54, 1.807) is 23.2 Å². The van der Waals surface area contributed by atoms with E-state index in [9.17, 15) is 14.7 Å². The third-order valence-corrected chi connectivity index (χ3v) is 5.39. The molecule has 3 heterocycles. The van der Waals surface area contributed by atoms with E-state index in [4.69, 9.17) is 16.7 Å². The maximum Gasteiger partial charge on any atom is 0.317 e. The number of likely N-dealkylation sites (tertiary alicyclic amines) is 1. The molecule has 0 aromatic carbocycles. The largest absolute Gasteiger partial charge is 0.481 e. The van der Waals surface area contributed by atoms with Crippen molar-refractivity contribution >= 4 is 29.4 Å². The van der Waals surface area contributed by atoms with Crippen molar-refractivity contribution in [1.29, 1.82) is 0 Å². The van der Waals surface area contributed by atoms with E-state index >= 15 is 0 Å². The fourth-order valence-corrected chi connectivity index (χ4v) is 4.32. The van der Waals surface area contributed by atoms with Gasteiger partial charge in [-0.05, 0) is 37.9 Å². The van der Waals surface area contributed by atoms with Crippen LogP contribution in [-0.2, 0) is 9.59 Å². The number of hydrogen-bond donors (Lipinski definition) is 2. The van der Waals surface area contributed by atoms with Crippen LogP contribution in [0.3, 0.4) is 0 Å². The molecule has 8 heteroatoms. The van der Waals surface area contributed by atoms with Gasteiger partial charge in [0, 0.05) is 25.3 Å². The molecule has 2 saturated heterocycles. The van der Waals surface area contributed by atoms with Crippen molar-refractivity contribution in [3.05, 3.63) is 23.4 Å². The van der Waals surface area contributed by atoms with Gasteiger partial charge in [-0.15, -0.1) is 0 Å². The molecule has 130 valence electrons. The quantitative estimate of drug-likeness (QED) is 0.848. The normalized spacial score (nSPS) is 27.5. The Balaban J connectivity index is 1.91. The number of fused-ring (bicyclic) bond motifs is 1. The Kier molecular flexibility index (Phi) is 4.64. The first-order chi connectivity index (χ1) is 11.4. The third-order valence-electron chi connectivity index (χ3n) is 5.10. The van der Waals surface area contributed by atoms with E-state index < -0.39 is 17.4 Å². The minimum atomic E-state index is -0.993. The predicted molar refractivity (Wildman–Crippen MR) is 88.4 cm³/mol. The molecule has 2 aliphatic rings. The second-order valence-corrected chi connectivity index (χ2v) is 6.87. The highest BCUT2D eigenvalue weighted by molar-refractivity contribution is 6.32. The molecule has 0 amide bonds. The van der Waals surface area contributed by atoms with Crippen LogP contribution in [0.4, 0.5) is 5.82 Å². The van der Waals surface area contributed by atoms with Crippen LogP contribution in [0.2, 0.25) is 5.02 Å². The summed E-state index contributed by atoms with van der Waals surface area (Å²) in [4.78, 5) is 31.3. The molecule has 1 aromatic heterocycles. The zero-order valence-electron chi connectivity index (χ0n) is 13.2. The smallest absolute Gasteiger partial charge is 0.317 e. The molecule has 0 radical (unpaired) electrons. The van der Waals surface area contributed by atoms with E-state index in [-0.39, 0.29) is 12.6 Å². The summed E-state index contributed by atoms with van der Waals surface area (Å²) in [5, 5.41) is 19.6. The van der Waals surface area contributed by atoms with Crippen LogP contribution in [0, 0.1) is 5.41 Å². The number of aliphatic carboxylic acids is 2. The van der Waals surface area contributed by atoms with Crippen LogP contribution in [0.5, 0.6) is 0 Å². The van der Waals surface area contributed by atoms with Crippen LogP contribution in [0.1, 0.15) is 19.3 Å². The van der Waals surface area contributed by atoms with E-state index in [0.717, 1.165) is 0 Å². The number of piperidine rings is 2. The highest BCUT2D eigenvalue weighted by atomic mass is 35.5. The van der Waals surface area contributed by atoms with Gasteiger partial charge >= 0.3 is 11.9 Å². The minimum absolute atomic E-state index is 0.121. The van der Waals surface area contributed by atoms with Crippen molar-refractivity contribution in [2.75, 3.05) is 31.1 Å². The standard InChI is InChI=1S/C16H20ClN3O4/c17-11-3-1-6-18-14(11)20-8-4-12-16(10-20,15(23)24)5-2-7-19(12)9-13(21)22/h1,3,6,12H,2,4-5,7-10H2,(H,21,22)(H,23,24)/t12-,16+/m1/s1. The van der Waals surface area contributed by atoms with E-state index in [1.165, 1.54) is 0 Å². The van der Waals surface area contributed by atoms with Crippen molar-refractivity contribution in [3.63, 3.8) is 0 Å². The number of pyridine rings is 1. The van der Waals surface area contributed by atoms with Crippen molar-refractivity contribution < 1.29 is 19.8 Å². The second-order valence-electron chi connectivity index (χ2n) is 6.46. The summed E-state index contributed by atoms with van der Waals surface area (Å²) in [7, 11) is 0. The average molecular weight is 354 g/mol. The number of halogens is 1. The number of carbonyl (C=O) groups is 2. The summed E-state index contributed by atoms with van der Waals surface area (Å²) in [6.07, 6.45) is 3.41. The third kappa shape index (κ3) is 2.93. The van der Waals surface area contributed by atoms with Gasteiger partial charge in [-0.1, -0.05) is 11.6 Å². The van der Waals surface area contributed by atoms with Gasteiger partial charge in [0.1, 0.15) is 11.2 Å².